The van der Waals surface area contributed by atoms with Crippen molar-refractivity contribution >= 4 is 47.6 Å². The molecule has 0 spiro atoms. The van der Waals surface area contributed by atoms with Gasteiger partial charge in [0.2, 0.25) is 10.0 Å². The first-order valence-electron chi connectivity index (χ1n) is 15.0. The number of halogens is 1. The van der Waals surface area contributed by atoms with Crippen molar-refractivity contribution in [3.63, 3.8) is 0 Å². The van der Waals surface area contributed by atoms with Gasteiger partial charge < -0.3 is 14.5 Å². The van der Waals surface area contributed by atoms with Gasteiger partial charge in [-0.15, -0.1) is 0 Å². The molecular weight excluding hydrogens is 652 g/mol. The monoisotopic (exact) mass is 682 g/mol. The van der Waals surface area contributed by atoms with Gasteiger partial charge in [-0.25, -0.2) is 17.9 Å². The van der Waals surface area contributed by atoms with Crippen LogP contribution in [0.15, 0.2) is 110 Å². The maximum atomic E-state index is 13.7. The van der Waals surface area contributed by atoms with E-state index in [0.29, 0.717) is 36.3 Å². The molecule has 7 nitrogen and oxygen atoms in total. The second-order valence-corrected chi connectivity index (χ2v) is 14.2. The van der Waals surface area contributed by atoms with Crippen molar-refractivity contribution in [3.8, 4) is 5.75 Å². The largest absolute Gasteiger partial charge is 0.507 e. The first kappa shape index (κ1) is 29.5. The van der Waals surface area contributed by atoms with E-state index in [0.717, 1.165) is 50.1 Å². The van der Waals surface area contributed by atoms with Gasteiger partial charge in [0, 0.05) is 39.6 Å². The van der Waals surface area contributed by atoms with Gasteiger partial charge in [0.15, 0.2) is 0 Å². The minimum absolute atomic E-state index is 0.0208. The number of aromatic amines is 1. The Balaban J connectivity index is 1.31. The Morgan fingerprint density at radius 1 is 0.911 bits per heavy atom. The van der Waals surface area contributed by atoms with Crippen LogP contribution in [0.4, 0.5) is 0 Å². The van der Waals surface area contributed by atoms with Gasteiger partial charge in [-0.1, -0.05) is 76.6 Å². The van der Waals surface area contributed by atoms with Crippen molar-refractivity contribution in [2.75, 3.05) is 6.54 Å². The molecule has 1 atom stereocenters. The zero-order chi connectivity index (χ0) is 31.1. The average molecular weight is 684 g/mol. The van der Waals surface area contributed by atoms with E-state index in [9.17, 15) is 18.3 Å². The standard InChI is InChI=1S/C36H31BrN2O5S/c37-25-11-7-10-24(20-25)32(33-35(40)29-13-4-6-15-31(29)44-36(33)41)34-28(27-12-3-5-14-30(27)39-34)18-19-38-45(42,43)26-17-16-22-8-1-2-9-23(22)21-26/h1-3,5,7-12,14,16-17,20-21,32,38-40H,4,6,13,15,18-19H2. The summed E-state index contributed by atoms with van der Waals surface area (Å²) in [7, 11) is -3.80. The molecule has 0 amide bonds. The van der Waals surface area contributed by atoms with Crippen molar-refractivity contribution in [3.05, 3.63) is 140 Å². The summed E-state index contributed by atoms with van der Waals surface area (Å²) >= 11 is 3.58. The fraction of sp³-hybridized carbons (Fsp3) is 0.194. The van der Waals surface area contributed by atoms with E-state index in [1.807, 2.05) is 72.8 Å². The lowest BCUT2D eigenvalue weighted by Gasteiger charge is -2.23. The maximum Gasteiger partial charge on any atom is 0.343 e. The minimum Gasteiger partial charge on any atom is -0.507 e. The number of aromatic hydroxyl groups is 1. The summed E-state index contributed by atoms with van der Waals surface area (Å²) in [4.78, 5) is 17.4. The molecule has 4 aromatic carbocycles. The van der Waals surface area contributed by atoms with Crippen molar-refractivity contribution in [1.82, 2.24) is 9.71 Å². The van der Waals surface area contributed by atoms with Crippen LogP contribution in [-0.4, -0.2) is 25.1 Å². The molecule has 6 aromatic rings. The lowest BCUT2D eigenvalue weighted by molar-refractivity contribution is 0.382. The van der Waals surface area contributed by atoms with Crippen LogP contribution in [0.1, 0.15) is 52.5 Å². The van der Waals surface area contributed by atoms with Gasteiger partial charge in [-0.2, -0.15) is 0 Å². The van der Waals surface area contributed by atoms with Crippen LogP contribution in [-0.2, 0) is 29.3 Å². The summed E-state index contributed by atoms with van der Waals surface area (Å²) in [5.41, 5.74) is 3.49. The van der Waals surface area contributed by atoms with Gasteiger partial charge in [0.25, 0.3) is 0 Å². The number of hydrogen-bond acceptors (Lipinski definition) is 5. The molecule has 2 heterocycles. The van der Waals surface area contributed by atoms with E-state index in [2.05, 4.69) is 25.6 Å². The first-order chi connectivity index (χ1) is 21.8. The molecule has 1 aliphatic carbocycles. The number of para-hydroxylation sites is 1. The van der Waals surface area contributed by atoms with Crippen molar-refractivity contribution in [2.24, 2.45) is 0 Å². The van der Waals surface area contributed by atoms with Gasteiger partial charge in [-0.3, -0.25) is 0 Å². The number of sulfonamides is 1. The highest BCUT2D eigenvalue weighted by Gasteiger charge is 2.32. The highest BCUT2D eigenvalue weighted by molar-refractivity contribution is 9.10. The summed E-state index contributed by atoms with van der Waals surface area (Å²) in [6.07, 6.45) is 3.41. The van der Waals surface area contributed by atoms with Crippen LogP contribution in [0.25, 0.3) is 21.7 Å². The Hall–Kier alpha value is -4.18. The van der Waals surface area contributed by atoms with E-state index >= 15 is 0 Å². The van der Waals surface area contributed by atoms with Crippen LogP contribution < -0.4 is 10.3 Å². The molecular formula is C36H31BrN2O5S. The van der Waals surface area contributed by atoms with Gasteiger partial charge >= 0.3 is 5.63 Å². The molecule has 9 heteroatoms. The normalized spacial score (nSPS) is 14.1. The molecule has 7 rings (SSSR count). The summed E-state index contributed by atoms with van der Waals surface area (Å²) < 4.78 is 36.2. The molecule has 45 heavy (non-hydrogen) atoms. The third kappa shape index (κ3) is 5.60. The van der Waals surface area contributed by atoms with E-state index in [4.69, 9.17) is 4.42 Å². The van der Waals surface area contributed by atoms with Gasteiger partial charge in [-0.05, 0) is 77.9 Å². The van der Waals surface area contributed by atoms with Crippen LogP contribution in [0, 0.1) is 0 Å². The predicted molar refractivity (Wildman–Crippen MR) is 180 cm³/mol. The van der Waals surface area contributed by atoms with Crippen molar-refractivity contribution < 1.29 is 17.9 Å². The molecule has 0 saturated carbocycles. The van der Waals surface area contributed by atoms with Crippen LogP contribution in [0.2, 0.25) is 0 Å². The molecule has 3 N–H and O–H groups in total. The Morgan fingerprint density at radius 3 is 2.53 bits per heavy atom. The number of aromatic nitrogens is 1. The lowest BCUT2D eigenvalue weighted by Crippen LogP contribution is -2.26. The molecule has 0 bridgehead atoms. The average Bonchev–Trinajstić information content (AvgIpc) is 3.40. The SMILES string of the molecule is O=c1oc2c(c(O)c1C(c1cccc(Br)c1)c1[nH]c3ccccc3c1CCNS(=O)(=O)c1ccc3ccccc3c1)CCCC2. The molecule has 0 aliphatic heterocycles. The second kappa shape index (κ2) is 12.0. The maximum absolute atomic E-state index is 13.7. The molecule has 0 radical (unpaired) electrons. The fourth-order valence-electron chi connectivity index (χ4n) is 6.55. The fourth-order valence-corrected chi connectivity index (χ4v) is 8.03. The lowest BCUT2D eigenvalue weighted by atomic mass is 9.84. The molecule has 0 fully saturated rings. The van der Waals surface area contributed by atoms with Crippen molar-refractivity contribution in [2.45, 2.75) is 42.9 Å². The zero-order valence-electron chi connectivity index (χ0n) is 24.3. The number of benzene rings is 4. The summed E-state index contributed by atoms with van der Waals surface area (Å²) in [5.74, 6) is -0.154. The zero-order valence-corrected chi connectivity index (χ0v) is 26.7. The first-order valence-corrected chi connectivity index (χ1v) is 17.3. The number of rotatable bonds is 8. The highest BCUT2D eigenvalue weighted by atomic mass is 79.9. The highest BCUT2D eigenvalue weighted by Crippen LogP contribution is 2.42. The van der Waals surface area contributed by atoms with Crippen molar-refractivity contribution in [1.29, 1.82) is 0 Å². The van der Waals surface area contributed by atoms with Crippen LogP contribution >= 0.6 is 15.9 Å². The van der Waals surface area contributed by atoms with Gasteiger partial charge in [0.1, 0.15) is 11.5 Å². The van der Waals surface area contributed by atoms with Crippen LogP contribution in [0.5, 0.6) is 5.75 Å². The van der Waals surface area contributed by atoms with E-state index in [-0.39, 0.29) is 22.8 Å². The Bertz CT molecular complexity index is 2240. The Labute approximate surface area is 269 Å². The molecule has 1 aliphatic rings. The van der Waals surface area contributed by atoms with E-state index < -0.39 is 21.6 Å². The summed E-state index contributed by atoms with van der Waals surface area (Å²) in [5, 5.41) is 14.4. The third-order valence-corrected chi connectivity index (χ3v) is 10.7. The smallest absolute Gasteiger partial charge is 0.343 e. The number of fused-ring (bicyclic) bond motifs is 3. The minimum atomic E-state index is -3.80. The Morgan fingerprint density at radius 2 is 1.69 bits per heavy atom. The molecule has 2 aromatic heterocycles. The van der Waals surface area contributed by atoms with E-state index in [1.54, 1.807) is 18.2 Å². The summed E-state index contributed by atoms with van der Waals surface area (Å²) in [6, 6.07) is 28.2. The summed E-state index contributed by atoms with van der Waals surface area (Å²) in [6.45, 7) is 0.125. The number of aryl methyl sites for hydroxylation is 1. The van der Waals surface area contributed by atoms with Gasteiger partial charge in [0.05, 0.1) is 16.4 Å². The number of H-pyrrole nitrogens is 1. The topological polar surface area (TPSA) is 112 Å². The molecule has 228 valence electrons. The Kier molecular flexibility index (Phi) is 7.85. The molecule has 0 saturated heterocycles. The number of hydrogen-bond donors (Lipinski definition) is 3. The molecule has 1 unspecified atom stereocenters. The number of nitrogens with one attached hydrogen (secondary N) is 2. The second-order valence-electron chi connectivity index (χ2n) is 11.5. The quantitative estimate of drug-likeness (QED) is 0.156. The van der Waals surface area contributed by atoms with E-state index in [1.165, 1.54) is 0 Å². The predicted octanol–water partition coefficient (Wildman–Crippen LogP) is 7.32. The van der Waals surface area contributed by atoms with Crippen LogP contribution in [0.3, 0.4) is 0 Å². The third-order valence-electron chi connectivity index (χ3n) is 8.70.